The number of hydrogen-bond donors (Lipinski definition) is 1. The van der Waals surface area contributed by atoms with Gasteiger partial charge in [-0.25, -0.2) is 15.0 Å². The summed E-state index contributed by atoms with van der Waals surface area (Å²) in [6, 6.07) is 5.71. The molecule has 1 fully saturated rings. The summed E-state index contributed by atoms with van der Waals surface area (Å²) in [6.45, 7) is 4.08. The maximum atomic E-state index is 12.0. The molecule has 1 saturated heterocycles. The molecule has 1 atom stereocenters. The Kier molecular flexibility index (Phi) is 10.3. The van der Waals surface area contributed by atoms with E-state index in [-0.39, 0.29) is 5.91 Å². The topological polar surface area (TPSA) is 97.3 Å². The van der Waals surface area contributed by atoms with Gasteiger partial charge in [-0.2, -0.15) is 0 Å². The highest BCUT2D eigenvalue weighted by atomic mass is 32.2. The van der Waals surface area contributed by atoms with E-state index < -0.39 is 10.8 Å². The van der Waals surface area contributed by atoms with Gasteiger partial charge in [0.2, 0.25) is 16.9 Å². The second-order valence-electron chi connectivity index (χ2n) is 7.61. The summed E-state index contributed by atoms with van der Waals surface area (Å²) >= 11 is 0. The summed E-state index contributed by atoms with van der Waals surface area (Å²) in [4.78, 5) is 26.6. The van der Waals surface area contributed by atoms with Gasteiger partial charge in [-0.3, -0.25) is 13.9 Å². The molecule has 1 amide bonds. The average molecular weight is 458 g/mol. The molecule has 2 aromatic heterocycles. The van der Waals surface area contributed by atoms with E-state index in [4.69, 9.17) is 4.74 Å². The zero-order valence-electron chi connectivity index (χ0n) is 18.3. The Bertz CT molecular complexity index is 888. The third kappa shape index (κ3) is 8.84. The van der Waals surface area contributed by atoms with Crippen molar-refractivity contribution in [2.45, 2.75) is 43.8 Å². The van der Waals surface area contributed by atoms with Gasteiger partial charge in [0.15, 0.2) is 0 Å². The average Bonchev–Trinajstić information content (AvgIpc) is 2.83. The van der Waals surface area contributed by atoms with Gasteiger partial charge < -0.3 is 10.1 Å². The van der Waals surface area contributed by atoms with Crippen LogP contribution in [0.1, 0.15) is 37.7 Å². The summed E-state index contributed by atoms with van der Waals surface area (Å²) in [5.74, 6) is 0.905. The number of pyridine rings is 1. The molecule has 8 nitrogen and oxygen atoms in total. The van der Waals surface area contributed by atoms with Crippen LogP contribution in [-0.2, 0) is 22.1 Å². The van der Waals surface area contributed by atoms with Crippen LogP contribution in [0.25, 0.3) is 0 Å². The molecule has 0 radical (unpaired) electrons. The Hall–Kier alpha value is -2.65. The molecule has 0 aliphatic carbocycles. The lowest BCUT2D eigenvalue weighted by Gasteiger charge is -2.26. The van der Waals surface area contributed by atoms with Gasteiger partial charge in [-0.1, -0.05) is 12.5 Å². The first kappa shape index (κ1) is 24.0. The number of likely N-dealkylation sites (tertiary alicyclic amines) is 1. The Morgan fingerprint density at radius 3 is 2.75 bits per heavy atom. The number of amides is 1. The van der Waals surface area contributed by atoms with Crippen molar-refractivity contribution < 1.29 is 13.7 Å². The number of hydrogen-bond acceptors (Lipinski definition) is 7. The molecular weight excluding hydrogens is 426 g/mol. The van der Waals surface area contributed by atoms with E-state index in [2.05, 4.69) is 25.2 Å². The van der Waals surface area contributed by atoms with Crippen molar-refractivity contribution >= 4 is 16.7 Å². The number of aromatic nitrogens is 3. The van der Waals surface area contributed by atoms with Crippen LogP contribution in [0, 0.1) is 0 Å². The lowest BCUT2D eigenvalue weighted by molar-refractivity contribution is -0.120. The SMILES string of the molecule is O=C(CCCS(=O)c1ncccn1)NCC=CCOc1cc(CN2CCCCC2)ccn1. The highest BCUT2D eigenvalue weighted by molar-refractivity contribution is 7.84. The molecule has 1 N–H and O–H groups in total. The van der Waals surface area contributed by atoms with E-state index >= 15 is 0 Å². The fraction of sp³-hybridized carbons (Fsp3) is 0.478. The number of carbonyl (C=O) groups is 1. The molecule has 2 aromatic rings. The van der Waals surface area contributed by atoms with Crippen LogP contribution >= 0.6 is 0 Å². The van der Waals surface area contributed by atoms with Gasteiger partial charge in [0.1, 0.15) is 6.61 Å². The van der Waals surface area contributed by atoms with Crippen molar-refractivity contribution in [3.8, 4) is 5.88 Å². The molecule has 32 heavy (non-hydrogen) atoms. The molecule has 0 spiro atoms. The van der Waals surface area contributed by atoms with Crippen LogP contribution in [0.15, 0.2) is 54.1 Å². The molecule has 0 bridgehead atoms. The highest BCUT2D eigenvalue weighted by Crippen LogP contribution is 2.15. The van der Waals surface area contributed by atoms with Gasteiger partial charge in [0.25, 0.3) is 0 Å². The third-order valence-electron chi connectivity index (χ3n) is 5.04. The molecule has 3 heterocycles. The second kappa shape index (κ2) is 13.7. The van der Waals surface area contributed by atoms with E-state index in [0.717, 1.165) is 19.6 Å². The predicted molar refractivity (Wildman–Crippen MR) is 124 cm³/mol. The van der Waals surface area contributed by atoms with E-state index in [9.17, 15) is 9.00 Å². The summed E-state index contributed by atoms with van der Waals surface area (Å²) in [5, 5.41) is 3.12. The maximum Gasteiger partial charge on any atom is 0.220 e. The van der Waals surface area contributed by atoms with E-state index in [1.54, 1.807) is 24.7 Å². The van der Waals surface area contributed by atoms with Gasteiger partial charge in [0, 0.05) is 49.9 Å². The molecule has 0 aromatic carbocycles. The maximum absolute atomic E-state index is 12.0. The zero-order valence-corrected chi connectivity index (χ0v) is 19.1. The summed E-state index contributed by atoms with van der Waals surface area (Å²) in [7, 11) is -1.27. The van der Waals surface area contributed by atoms with Crippen LogP contribution in [-0.4, -0.2) is 62.0 Å². The molecular formula is C23H31N5O3S. The molecule has 0 saturated carbocycles. The molecule has 1 aliphatic heterocycles. The molecule has 3 rings (SSSR count). The smallest absolute Gasteiger partial charge is 0.220 e. The number of carbonyl (C=O) groups excluding carboxylic acids is 1. The fourth-order valence-electron chi connectivity index (χ4n) is 3.41. The van der Waals surface area contributed by atoms with E-state index in [1.807, 2.05) is 24.3 Å². The van der Waals surface area contributed by atoms with Gasteiger partial charge in [0.05, 0.1) is 10.8 Å². The van der Waals surface area contributed by atoms with E-state index in [1.165, 1.54) is 24.8 Å². The lowest BCUT2D eigenvalue weighted by Crippen LogP contribution is -2.29. The van der Waals surface area contributed by atoms with E-state index in [0.29, 0.717) is 42.8 Å². The summed E-state index contributed by atoms with van der Waals surface area (Å²) in [5.41, 5.74) is 1.22. The van der Waals surface area contributed by atoms with Crippen LogP contribution in [0.4, 0.5) is 0 Å². The molecule has 172 valence electrons. The quantitative estimate of drug-likeness (QED) is 0.386. The van der Waals surface area contributed by atoms with Gasteiger partial charge in [-0.15, -0.1) is 0 Å². The normalized spacial score (nSPS) is 15.5. The first-order chi connectivity index (χ1) is 15.7. The molecule has 1 unspecified atom stereocenters. The predicted octanol–water partition coefficient (Wildman–Crippen LogP) is 2.50. The van der Waals surface area contributed by atoms with Crippen molar-refractivity contribution in [2.24, 2.45) is 0 Å². The minimum Gasteiger partial charge on any atom is -0.473 e. The zero-order chi connectivity index (χ0) is 22.4. The van der Waals surface area contributed by atoms with Crippen LogP contribution < -0.4 is 10.1 Å². The van der Waals surface area contributed by atoms with Crippen molar-refractivity contribution in [1.82, 2.24) is 25.2 Å². The van der Waals surface area contributed by atoms with Crippen molar-refractivity contribution in [3.05, 3.63) is 54.5 Å². The van der Waals surface area contributed by atoms with Crippen molar-refractivity contribution in [3.63, 3.8) is 0 Å². The Balaban J connectivity index is 1.27. The second-order valence-corrected chi connectivity index (χ2v) is 9.07. The lowest BCUT2D eigenvalue weighted by atomic mass is 10.1. The fourth-order valence-corrected chi connectivity index (χ4v) is 4.35. The largest absolute Gasteiger partial charge is 0.473 e. The number of ether oxygens (including phenoxy) is 1. The number of rotatable bonds is 12. The standard InChI is InChI=1S/C23H31N5O3S/c29-21(8-6-17-32(30)23-26-11-7-12-27-23)24-10-2-5-16-31-22-18-20(9-13-25-22)19-28-14-3-1-4-15-28/h2,5,7,9,11-13,18H,1,3-4,6,8,10,14-17,19H2,(H,24,29). The summed E-state index contributed by atoms with van der Waals surface area (Å²) < 4.78 is 17.7. The first-order valence-corrected chi connectivity index (χ1v) is 12.4. The van der Waals surface area contributed by atoms with Gasteiger partial charge >= 0.3 is 0 Å². The van der Waals surface area contributed by atoms with Crippen LogP contribution in [0.2, 0.25) is 0 Å². The first-order valence-electron chi connectivity index (χ1n) is 11.1. The van der Waals surface area contributed by atoms with Crippen molar-refractivity contribution in [2.75, 3.05) is 32.0 Å². The Morgan fingerprint density at radius 1 is 1.12 bits per heavy atom. The minimum atomic E-state index is -1.27. The number of nitrogens with one attached hydrogen (secondary N) is 1. The molecule has 1 aliphatic rings. The number of piperidine rings is 1. The van der Waals surface area contributed by atoms with Crippen LogP contribution in [0.5, 0.6) is 5.88 Å². The highest BCUT2D eigenvalue weighted by Gasteiger charge is 2.11. The van der Waals surface area contributed by atoms with Crippen LogP contribution in [0.3, 0.4) is 0 Å². The molecule has 9 heteroatoms. The monoisotopic (exact) mass is 457 g/mol. The summed E-state index contributed by atoms with van der Waals surface area (Å²) in [6.07, 6.45) is 13.3. The third-order valence-corrected chi connectivity index (χ3v) is 6.32. The Morgan fingerprint density at radius 2 is 1.94 bits per heavy atom. The van der Waals surface area contributed by atoms with Crippen molar-refractivity contribution in [1.29, 1.82) is 0 Å². The Labute approximate surface area is 192 Å². The minimum absolute atomic E-state index is 0.0753. The number of nitrogens with zero attached hydrogens (tertiary/aromatic N) is 4. The van der Waals surface area contributed by atoms with Gasteiger partial charge in [-0.05, 0) is 56.1 Å².